The van der Waals surface area contributed by atoms with E-state index >= 15 is 0 Å². The van der Waals surface area contributed by atoms with Crippen LogP contribution >= 0.6 is 0 Å². The Kier molecular flexibility index (Phi) is 4.10. The molecule has 0 aromatic heterocycles. The molecule has 21 heavy (non-hydrogen) atoms. The fraction of sp³-hybridized carbons (Fsp3) is 0.571. The van der Waals surface area contributed by atoms with Crippen LogP contribution in [0.3, 0.4) is 0 Å². The summed E-state index contributed by atoms with van der Waals surface area (Å²) in [5.74, 6) is -0.695. The van der Waals surface area contributed by atoms with Crippen molar-refractivity contribution in [2.45, 2.75) is 48.1 Å². The Morgan fingerprint density at radius 2 is 1.71 bits per heavy atom. The van der Waals surface area contributed by atoms with E-state index in [1.165, 1.54) is 24.3 Å². The molecule has 3 nitrogen and oxygen atoms in total. The molecule has 0 saturated heterocycles. The summed E-state index contributed by atoms with van der Waals surface area (Å²) in [6.45, 7) is 1.14. The zero-order valence-electron chi connectivity index (χ0n) is 11.5. The van der Waals surface area contributed by atoms with Crippen molar-refractivity contribution in [3.63, 3.8) is 0 Å². The summed E-state index contributed by atoms with van der Waals surface area (Å²) >= 11 is 0. The highest BCUT2D eigenvalue weighted by atomic mass is 32.2. The van der Waals surface area contributed by atoms with E-state index in [0.29, 0.717) is 0 Å². The lowest BCUT2D eigenvalue weighted by molar-refractivity contribution is -0.148. The van der Waals surface area contributed by atoms with Crippen LogP contribution in [0.25, 0.3) is 0 Å². The molecule has 0 bridgehead atoms. The molecule has 7 heteroatoms. The van der Waals surface area contributed by atoms with Gasteiger partial charge in [0.15, 0.2) is 9.84 Å². The minimum atomic E-state index is -4.59. The molecule has 2 rings (SSSR count). The van der Waals surface area contributed by atoms with Crippen LogP contribution in [0.1, 0.15) is 26.2 Å². The molecule has 0 amide bonds. The number of alkyl halides is 3. The summed E-state index contributed by atoms with van der Waals surface area (Å²) in [6, 6.07) is 7.18. The van der Waals surface area contributed by atoms with Crippen LogP contribution in [-0.2, 0) is 9.84 Å². The zero-order valence-corrected chi connectivity index (χ0v) is 12.3. The number of benzene rings is 1. The van der Waals surface area contributed by atoms with Crippen LogP contribution in [0.4, 0.5) is 13.2 Å². The standard InChI is InChI=1S/C14H17F3O3S/c1-13(9-14(15,16)17,10-7-11(18)8-10)21(19,20)12-5-3-2-4-6-12/h2-6,10-11,18H,7-9H2,1H3. The third-order valence-electron chi connectivity index (χ3n) is 4.20. The highest BCUT2D eigenvalue weighted by Gasteiger charge is 2.56. The summed E-state index contributed by atoms with van der Waals surface area (Å²) in [6.07, 6.45) is -6.54. The molecule has 0 heterocycles. The van der Waals surface area contributed by atoms with Gasteiger partial charge in [-0.05, 0) is 37.8 Å². The van der Waals surface area contributed by atoms with Gasteiger partial charge < -0.3 is 5.11 Å². The molecule has 1 atom stereocenters. The minimum Gasteiger partial charge on any atom is -0.393 e. The van der Waals surface area contributed by atoms with Crippen molar-refractivity contribution in [3.05, 3.63) is 30.3 Å². The van der Waals surface area contributed by atoms with Crippen LogP contribution in [0.15, 0.2) is 35.2 Å². The third kappa shape index (κ3) is 3.08. The van der Waals surface area contributed by atoms with Gasteiger partial charge in [-0.1, -0.05) is 18.2 Å². The Morgan fingerprint density at radius 1 is 1.19 bits per heavy atom. The molecule has 0 spiro atoms. The van der Waals surface area contributed by atoms with Crippen LogP contribution in [0.2, 0.25) is 0 Å². The number of aliphatic hydroxyl groups excluding tert-OH is 1. The Morgan fingerprint density at radius 3 is 2.14 bits per heavy atom. The van der Waals surface area contributed by atoms with Crippen molar-refractivity contribution in [1.29, 1.82) is 0 Å². The van der Waals surface area contributed by atoms with E-state index in [-0.39, 0.29) is 17.7 Å². The van der Waals surface area contributed by atoms with Crippen molar-refractivity contribution in [2.75, 3.05) is 0 Å². The monoisotopic (exact) mass is 322 g/mol. The van der Waals surface area contributed by atoms with Crippen LogP contribution in [0, 0.1) is 5.92 Å². The van der Waals surface area contributed by atoms with E-state index in [1.807, 2.05) is 0 Å². The fourth-order valence-electron chi connectivity index (χ4n) is 2.81. The van der Waals surface area contributed by atoms with E-state index < -0.39 is 39.2 Å². The van der Waals surface area contributed by atoms with Crippen LogP contribution in [-0.4, -0.2) is 30.6 Å². The molecule has 1 aliphatic carbocycles. The Hall–Kier alpha value is -1.08. The van der Waals surface area contributed by atoms with E-state index in [9.17, 15) is 26.7 Å². The van der Waals surface area contributed by atoms with Crippen molar-refractivity contribution in [1.82, 2.24) is 0 Å². The normalized spacial score (nSPS) is 26.0. The second kappa shape index (κ2) is 5.28. The van der Waals surface area contributed by atoms with Gasteiger partial charge in [0, 0.05) is 0 Å². The molecule has 1 fully saturated rings. The van der Waals surface area contributed by atoms with Crippen LogP contribution in [0.5, 0.6) is 0 Å². The number of hydrogen-bond donors (Lipinski definition) is 1. The summed E-state index contributed by atoms with van der Waals surface area (Å²) in [4.78, 5) is -0.113. The first-order chi connectivity index (χ1) is 9.56. The van der Waals surface area contributed by atoms with Crippen molar-refractivity contribution >= 4 is 9.84 Å². The molecule has 1 aliphatic rings. The SMILES string of the molecule is CC(CC(F)(F)F)(C1CC(O)C1)S(=O)(=O)c1ccccc1. The first-order valence-corrected chi connectivity index (χ1v) is 8.09. The Balaban J connectivity index is 2.44. The van der Waals surface area contributed by atoms with Crippen LogP contribution < -0.4 is 0 Å². The number of rotatable bonds is 4. The predicted molar refractivity (Wildman–Crippen MR) is 71.4 cm³/mol. The van der Waals surface area contributed by atoms with Gasteiger partial charge in [0.05, 0.1) is 22.2 Å². The average Bonchev–Trinajstić information content (AvgIpc) is 2.33. The van der Waals surface area contributed by atoms with Gasteiger partial charge in [0.1, 0.15) is 0 Å². The van der Waals surface area contributed by atoms with Crippen molar-refractivity contribution < 1.29 is 26.7 Å². The number of halogens is 3. The third-order valence-corrected chi connectivity index (χ3v) is 6.79. The maximum atomic E-state index is 12.9. The molecule has 118 valence electrons. The summed E-state index contributed by atoms with van der Waals surface area (Å²) in [7, 11) is -4.15. The maximum Gasteiger partial charge on any atom is 0.390 e. The molecular formula is C14H17F3O3S. The number of sulfone groups is 1. The molecular weight excluding hydrogens is 305 g/mol. The zero-order chi connectivity index (χ0) is 15.9. The highest BCUT2D eigenvalue weighted by molar-refractivity contribution is 7.92. The lowest BCUT2D eigenvalue weighted by atomic mass is 9.72. The molecule has 1 aromatic rings. The smallest absolute Gasteiger partial charge is 0.390 e. The quantitative estimate of drug-likeness (QED) is 0.927. The average molecular weight is 322 g/mol. The minimum absolute atomic E-state index is 0.0820. The molecule has 1 N–H and O–H groups in total. The van der Waals surface area contributed by atoms with E-state index in [4.69, 9.17) is 0 Å². The Bertz CT molecular complexity index is 592. The Labute approximate surface area is 121 Å². The lowest BCUT2D eigenvalue weighted by Crippen LogP contribution is -2.52. The van der Waals surface area contributed by atoms with E-state index in [0.717, 1.165) is 6.92 Å². The summed E-state index contributed by atoms with van der Waals surface area (Å²) < 4.78 is 62.1. The topological polar surface area (TPSA) is 54.4 Å². The predicted octanol–water partition coefficient (Wildman–Crippen LogP) is 2.94. The molecule has 0 aliphatic heterocycles. The fourth-order valence-corrected chi connectivity index (χ4v) is 4.85. The number of aliphatic hydroxyl groups is 1. The highest BCUT2D eigenvalue weighted by Crippen LogP contribution is 2.48. The van der Waals surface area contributed by atoms with Crippen molar-refractivity contribution in [2.24, 2.45) is 5.92 Å². The van der Waals surface area contributed by atoms with Gasteiger partial charge in [-0.15, -0.1) is 0 Å². The molecule has 1 saturated carbocycles. The first kappa shape index (κ1) is 16.3. The second-order valence-electron chi connectivity index (χ2n) is 5.74. The van der Waals surface area contributed by atoms with Gasteiger partial charge in [-0.3, -0.25) is 0 Å². The summed E-state index contributed by atoms with van der Waals surface area (Å²) in [5.41, 5.74) is 0. The van der Waals surface area contributed by atoms with Gasteiger partial charge in [0.25, 0.3) is 0 Å². The van der Waals surface area contributed by atoms with Gasteiger partial charge in [0.2, 0.25) is 0 Å². The van der Waals surface area contributed by atoms with Crippen molar-refractivity contribution in [3.8, 4) is 0 Å². The first-order valence-electron chi connectivity index (χ1n) is 6.61. The maximum absolute atomic E-state index is 12.9. The van der Waals surface area contributed by atoms with E-state index in [2.05, 4.69) is 0 Å². The second-order valence-corrected chi connectivity index (χ2v) is 8.15. The summed E-state index contributed by atoms with van der Waals surface area (Å²) in [5, 5.41) is 9.34. The van der Waals surface area contributed by atoms with Gasteiger partial charge >= 0.3 is 6.18 Å². The lowest BCUT2D eigenvalue weighted by Gasteiger charge is -2.45. The largest absolute Gasteiger partial charge is 0.393 e. The molecule has 1 aromatic carbocycles. The molecule has 1 unspecified atom stereocenters. The molecule has 0 radical (unpaired) electrons. The van der Waals surface area contributed by atoms with E-state index in [1.54, 1.807) is 6.07 Å². The van der Waals surface area contributed by atoms with Gasteiger partial charge in [-0.2, -0.15) is 13.2 Å². The van der Waals surface area contributed by atoms with Gasteiger partial charge in [-0.25, -0.2) is 8.42 Å². The number of hydrogen-bond acceptors (Lipinski definition) is 3.